The maximum Gasteiger partial charge on any atom is 0.154 e. The summed E-state index contributed by atoms with van der Waals surface area (Å²) in [6.07, 6.45) is 1.72. The van der Waals surface area contributed by atoms with Crippen LogP contribution in [0.2, 0.25) is 0 Å². The molecule has 0 atom stereocenters. The van der Waals surface area contributed by atoms with Gasteiger partial charge in [-0.15, -0.1) is 0 Å². The number of pyridine rings is 1. The number of ether oxygens (including phenoxy) is 2. The summed E-state index contributed by atoms with van der Waals surface area (Å²) < 4.78 is 10.6. The summed E-state index contributed by atoms with van der Waals surface area (Å²) in [5.41, 5.74) is 7.99. The summed E-state index contributed by atoms with van der Waals surface area (Å²) in [5, 5.41) is 0. The monoisotopic (exact) mass is 230 g/mol. The fourth-order valence-corrected chi connectivity index (χ4v) is 1.72. The molecule has 88 valence electrons. The molecule has 0 saturated carbocycles. The van der Waals surface area contributed by atoms with Crippen LogP contribution in [0, 0.1) is 0 Å². The Balaban J connectivity index is 2.69. The zero-order valence-corrected chi connectivity index (χ0v) is 9.81. The van der Waals surface area contributed by atoms with Crippen molar-refractivity contribution in [2.24, 2.45) is 0 Å². The summed E-state index contributed by atoms with van der Waals surface area (Å²) in [6, 6.07) is 9.21. The van der Waals surface area contributed by atoms with Crippen molar-refractivity contribution < 1.29 is 9.47 Å². The van der Waals surface area contributed by atoms with Crippen molar-refractivity contribution in [1.29, 1.82) is 0 Å². The first-order valence-corrected chi connectivity index (χ1v) is 5.19. The average molecular weight is 230 g/mol. The molecule has 2 aromatic rings. The maximum absolute atomic E-state index is 5.88. The van der Waals surface area contributed by atoms with Crippen LogP contribution in [-0.2, 0) is 0 Å². The minimum Gasteiger partial charge on any atom is -0.496 e. The van der Waals surface area contributed by atoms with Crippen molar-refractivity contribution >= 4 is 5.69 Å². The van der Waals surface area contributed by atoms with Crippen LogP contribution in [0.15, 0.2) is 36.5 Å². The van der Waals surface area contributed by atoms with E-state index in [1.54, 1.807) is 26.5 Å². The topological polar surface area (TPSA) is 57.4 Å². The van der Waals surface area contributed by atoms with E-state index in [0.29, 0.717) is 17.2 Å². The van der Waals surface area contributed by atoms with Crippen LogP contribution in [0.3, 0.4) is 0 Å². The summed E-state index contributed by atoms with van der Waals surface area (Å²) in [6.45, 7) is 0. The van der Waals surface area contributed by atoms with Crippen molar-refractivity contribution in [3.05, 3.63) is 36.5 Å². The first kappa shape index (κ1) is 11.3. The molecule has 4 nitrogen and oxygen atoms in total. The quantitative estimate of drug-likeness (QED) is 0.822. The first-order valence-electron chi connectivity index (χ1n) is 5.19. The Labute approximate surface area is 100 Å². The van der Waals surface area contributed by atoms with Gasteiger partial charge in [0.25, 0.3) is 0 Å². The van der Waals surface area contributed by atoms with Gasteiger partial charge >= 0.3 is 0 Å². The minimum absolute atomic E-state index is 0.564. The molecule has 0 aliphatic heterocycles. The number of rotatable bonds is 3. The van der Waals surface area contributed by atoms with E-state index in [2.05, 4.69) is 4.98 Å². The first-order chi connectivity index (χ1) is 8.27. The molecule has 2 rings (SSSR count). The van der Waals surface area contributed by atoms with Crippen molar-refractivity contribution in [3.63, 3.8) is 0 Å². The van der Waals surface area contributed by atoms with Gasteiger partial charge in [0, 0.05) is 6.20 Å². The number of hydrogen-bond donors (Lipinski definition) is 1. The second-order valence-corrected chi connectivity index (χ2v) is 3.48. The molecule has 17 heavy (non-hydrogen) atoms. The number of nitrogen functional groups attached to an aromatic ring is 1. The Kier molecular flexibility index (Phi) is 3.14. The Morgan fingerprint density at radius 2 is 1.88 bits per heavy atom. The molecule has 0 fully saturated rings. The molecule has 4 heteroatoms. The van der Waals surface area contributed by atoms with Crippen molar-refractivity contribution in [1.82, 2.24) is 4.98 Å². The van der Waals surface area contributed by atoms with Gasteiger partial charge in [-0.1, -0.05) is 6.07 Å². The minimum atomic E-state index is 0.564. The normalized spacial score (nSPS) is 10.0. The Bertz CT molecular complexity index is 512. The largest absolute Gasteiger partial charge is 0.496 e. The number of hydrogen-bond acceptors (Lipinski definition) is 4. The number of nitrogens with zero attached hydrogens (tertiary/aromatic N) is 1. The van der Waals surface area contributed by atoms with Crippen LogP contribution in [0.25, 0.3) is 11.3 Å². The van der Waals surface area contributed by atoms with Crippen LogP contribution in [0.4, 0.5) is 5.69 Å². The van der Waals surface area contributed by atoms with Crippen LogP contribution in [0.5, 0.6) is 11.5 Å². The third kappa shape index (κ3) is 2.01. The molecule has 2 N–H and O–H groups in total. The third-order valence-electron chi connectivity index (χ3n) is 2.49. The molecule has 0 spiro atoms. The SMILES string of the molecule is COc1ccc(N)c(OC)c1-c1ccccn1. The van der Waals surface area contributed by atoms with E-state index < -0.39 is 0 Å². The lowest BCUT2D eigenvalue weighted by Crippen LogP contribution is -1.98. The number of aromatic nitrogens is 1. The van der Waals surface area contributed by atoms with E-state index in [-0.39, 0.29) is 0 Å². The molecule has 0 bridgehead atoms. The van der Waals surface area contributed by atoms with Crippen LogP contribution in [-0.4, -0.2) is 19.2 Å². The molecule has 1 aromatic carbocycles. The summed E-state index contributed by atoms with van der Waals surface area (Å²) in [5.74, 6) is 1.28. The van der Waals surface area contributed by atoms with Gasteiger partial charge < -0.3 is 15.2 Å². The van der Waals surface area contributed by atoms with Gasteiger partial charge in [0.05, 0.1) is 31.2 Å². The molecule has 0 unspecified atom stereocenters. The molecule has 1 aromatic heterocycles. The van der Waals surface area contributed by atoms with E-state index in [9.17, 15) is 0 Å². The Morgan fingerprint density at radius 1 is 1.06 bits per heavy atom. The fourth-order valence-electron chi connectivity index (χ4n) is 1.72. The van der Waals surface area contributed by atoms with Crippen molar-refractivity contribution in [2.45, 2.75) is 0 Å². The molecule has 0 aliphatic rings. The number of methoxy groups -OCH3 is 2. The molecule has 1 heterocycles. The Morgan fingerprint density at radius 3 is 2.47 bits per heavy atom. The Hall–Kier alpha value is -2.23. The lowest BCUT2D eigenvalue weighted by molar-refractivity contribution is 0.398. The van der Waals surface area contributed by atoms with Gasteiger partial charge in [0.2, 0.25) is 0 Å². The smallest absolute Gasteiger partial charge is 0.154 e. The molecular weight excluding hydrogens is 216 g/mol. The maximum atomic E-state index is 5.88. The summed E-state index contributed by atoms with van der Waals surface area (Å²) in [4.78, 5) is 4.29. The fraction of sp³-hybridized carbons (Fsp3) is 0.154. The third-order valence-corrected chi connectivity index (χ3v) is 2.49. The predicted molar refractivity (Wildman–Crippen MR) is 67.2 cm³/mol. The second kappa shape index (κ2) is 4.74. The van der Waals surface area contributed by atoms with E-state index >= 15 is 0 Å². The van der Waals surface area contributed by atoms with Gasteiger partial charge in [0.15, 0.2) is 5.75 Å². The zero-order chi connectivity index (χ0) is 12.3. The van der Waals surface area contributed by atoms with Crippen LogP contribution in [0.1, 0.15) is 0 Å². The molecule has 0 radical (unpaired) electrons. The molecule has 0 aliphatic carbocycles. The highest BCUT2D eigenvalue weighted by atomic mass is 16.5. The molecule has 0 saturated heterocycles. The second-order valence-electron chi connectivity index (χ2n) is 3.48. The van der Waals surface area contributed by atoms with Crippen LogP contribution < -0.4 is 15.2 Å². The van der Waals surface area contributed by atoms with Gasteiger partial charge in [-0.2, -0.15) is 0 Å². The van der Waals surface area contributed by atoms with Gasteiger partial charge in [-0.25, -0.2) is 0 Å². The van der Waals surface area contributed by atoms with Crippen molar-refractivity contribution in [3.8, 4) is 22.8 Å². The summed E-state index contributed by atoms with van der Waals surface area (Å²) in [7, 11) is 3.19. The zero-order valence-electron chi connectivity index (χ0n) is 9.81. The van der Waals surface area contributed by atoms with Gasteiger partial charge in [-0.3, -0.25) is 4.98 Å². The highest BCUT2D eigenvalue weighted by molar-refractivity contribution is 5.80. The highest BCUT2D eigenvalue weighted by Gasteiger charge is 2.15. The standard InChI is InChI=1S/C13H14N2O2/c1-16-11-7-6-9(14)13(17-2)12(11)10-5-3-4-8-15-10/h3-8H,14H2,1-2H3. The van der Waals surface area contributed by atoms with E-state index in [0.717, 1.165) is 11.3 Å². The lowest BCUT2D eigenvalue weighted by Gasteiger charge is -2.14. The molecular formula is C13H14N2O2. The van der Waals surface area contributed by atoms with Gasteiger partial charge in [-0.05, 0) is 24.3 Å². The predicted octanol–water partition coefficient (Wildman–Crippen LogP) is 2.35. The average Bonchev–Trinajstić information content (AvgIpc) is 2.39. The van der Waals surface area contributed by atoms with E-state index in [1.165, 1.54) is 0 Å². The molecule has 0 amide bonds. The number of anilines is 1. The van der Waals surface area contributed by atoms with E-state index in [1.807, 2.05) is 24.3 Å². The number of benzene rings is 1. The van der Waals surface area contributed by atoms with E-state index in [4.69, 9.17) is 15.2 Å². The van der Waals surface area contributed by atoms with Crippen molar-refractivity contribution in [2.75, 3.05) is 20.0 Å². The van der Waals surface area contributed by atoms with Crippen LogP contribution >= 0.6 is 0 Å². The summed E-state index contributed by atoms with van der Waals surface area (Å²) >= 11 is 0. The van der Waals surface area contributed by atoms with Gasteiger partial charge in [0.1, 0.15) is 5.75 Å². The lowest BCUT2D eigenvalue weighted by atomic mass is 10.1. The highest BCUT2D eigenvalue weighted by Crippen LogP contribution is 2.40. The number of nitrogens with two attached hydrogens (primary N) is 1.